The lowest BCUT2D eigenvalue weighted by molar-refractivity contribution is 0.280. The van der Waals surface area contributed by atoms with E-state index >= 15 is 0 Å². The Morgan fingerprint density at radius 1 is 1.21 bits per heavy atom. The topological polar surface area (TPSA) is 21.7 Å². The number of hydrogen-bond acceptors (Lipinski definition) is 3. The molecule has 0 aliphatic rings. The first kappa shape index (κ1) is 18.4. The van der Waals surface area contributed by atoms with Crippen LogP contribution in [0.15, 0.2) is 18.2 Å². The van der Waals surface area contributed by atoms with Crippen molar-refractivity contribution in [3.8, 4) is 11.5 Å². The molecule has 19 heavy (non-hydrogen) atoms. The number of likely N-dealkylation sites (N-methyl/N-ethyl adjacent to an activating group) is 1. The molecule has 0 fully saturated rings. The number of rotatable bonds is 7. The van der Waals surface area contributed by atoms with Gasteiger partial charge in [0.1, 0.15) is 0 Å². The third-order valence-electron chi connectivity index (χ3n) is 3.18. The van der Waals surface area contributed by atoms with E-state index < -0.39 is 0 Å². The molecule has 0 aliphatic heterocycles. The maximum absolute atomic E-state index is 5.84. The second-order valence-corrected chi connectivity index (χ2v) is 4.73. The third kappa shape index (κ3) is 5.47. The van der Waals surface area contributed by atoms with Crippen LogP contribution in [0.2, 0.25) is 0 Å². The van der Waals surface area contributed by atoms with Crippen molar-refractivity contribution in [3.05, 3.63) is 23.8 Å². The van der Waals surface area contributed by atoms with Crippen LogP contribution in [0.3, 0.4) is 0 Å². The van der Waals surface area contributed by atoms with Crippen LogP contribution in [-0.2, 0) is 6.42 Å². The Balaban J connectivity index is 0.00000324. The fraction of sp³-hybridized carbons (Fsp3) is 0.571. The van der Waals surface area contributed by atoms with Gasteiger partial charge >= 0.3 is 0 Å². The minimum absolute atomic E-state index is 0. The number of halogens is 2. The molecular formula is C14H23Cl2NO2. The normalized spacial score (nSPS) is 11.9. The van der Waals surface area contributed by atoms with Crippen molar-refractivity contribution >= 4 is 24.0 Å². The van der Waals surface area contributed by atoms with Crippen LogP contribution in [0.1, 0.15) is 12.5 Å². The molecule has 1 rings (SSSR count). The van der Waals surface area contributed by atoms with Gasteiger partial charge in [0.05, 0.1) is 14.2 Å². The first-order chi connectivity index (χ1) is 8.62. The van der Waals surface area contributed by atoms with E-state index in [-0.39, 0.29) is 12.4 Å². The molecule has 1 aromatic rings. The zero-order chi connectivity index (χ0) is 13.5. The SMILES string of the molecule is COc1ccc(CCN(C)C(C)CCl)cc1OC.Cl. The van der Waals surface area contributed by atoms with Crippen molar-refractivity contribution in [2.24, 2.45) is 0 Å². The maximum atomic E-state index is 5.84. The molecule has 0 bridgehead atoms. The quantitative estimate of drug-likeness (QED) is 0.722. The molecule has 0 aromatic heterocycles. The van der Waals surface area contributed by atoms with Crippen LogP contribution in [0, 0.1) is 0 Å². The molecule has 3 nitrogen and oxygen atoms in total. The van der Waals surface area contributed by atoms with Crippen molar-refractivity contribution in [2.75, 3.05) is 33.7 Å². The summed E-state index contributed by atoms with van der Waals surface area (Å²) in [5.74, 6) is 2.20. The molecule has 0 amide bonds. The predicted octanol–water partition coefficient (Wildman–Crippen LogP) is 3.23. The van der Waals surface area contributed by atoms with Gasteiger partial charge in [-0.2, -0.15) is 0 Å². The highest BCUT2D eigenvalue weighted by Gasteiger charge is 2.09. The van der Waals surface area contributed by atoms with Crippen LogP contribution in [-0.4, -0.2) is 44.6 Å². The van der Waals surface area contributed by atoms with Gasteiger partial charge in [-0.1, -0.05) is 6.07 Å². The van der Waals surface area contributed by atoms with E-state index in [0.717, 1.165) is 24.5 Å². The van der Waals surface area contributed by atoms with Gasteiger partial charge in [-0.25, -0.2) is 0 Å². The van der Waals surface area contributed by atoms with Crippen LogP contribution in [0.5, 0.6) is 11.5 Å². The summed E-state index contributed by atoms with van der Waals surface area (Å²) >= 11 is 5.84. The summed E-state index contributed by atoms with van der Waals surface area (Å²) < 4.78 is 10.5. The number of nitrogens with zero attached hydrogens (tertiary/aromatic N) is 1. The van der Waals surface area contributed by atoms with Crippen molar-refractivity contribution in [1.29, 1.82) is 0 Å². The van der Waals surface area contributed by atoms with E-state index in [0.29, 0.717) is 11.9 Å². The fourth-order valence-corrected chi connectivity index (χ4v) is 1.92. The molecular weight excluding hydrogens is 285 g/mol. The zero-order valence-corrected chi connectivity index (χ0v) is 13.6. The van der Waals surface area contributed by atoms with Crippen molar-refractivity contribution in [2.45, 2.75) is 19.4 Å². The lowest BCUT2D eigenvalue weighted by Gasteiger charge is -2.22. The smallest absolute Gasteiger partial charge is 0.160 e. The summed E-state index contributed by atoms with van der Waals surface area (Å²) in [4.78, 5) is 2.25. The average molecular weight is 308 g/mol. The molecule has 0 aliphatic carbocycles. The first-order valence-corrected chi connectivity index (χ1v) is 6.63. The van der Waals surface area contributed by atoms with Gasteiger partial charge < -0.3 is 14.4 Å². The third-order valence-corrected chi connectivity index (χ3v) is 3.62. The molecule has 0 saturated carbocycles. The molecule has 0 saturated heterocycles. The largest absolute Gasteiger partial charge is 0.493 e. The van der Waals surface area contributed by atoms with E-state index in [1.54, 1.807) is 14.2 Å². The Morgan fingerprint density at radius 3 is 2.37 bits per heavy atom. The number of hydrogen-bond donors (Lipinski definition) is 0. The van der Waals surface area contributed by atoms with E-state index in [9.17, 15) is 0 Å². The number of benzene rings is 1. The van der Waals surface area contributed by atoms with Crippen molar-refractivity contribution in [3.63, 3.8) is 0 Å². The Kier molecular flexibility index (Phi) is 8.98. The summed E-state index contributed by atoms with van der Waals surface area (Å²) in [5.41, 5.74) is 1.24. The summed E-state index contributed by atoms with van der Waals surface area (Å²) in [6.07, 6.45) is 0.970. The molecule has 110 valence electrons. The molecule has 0 radical (unpaired) electrons. The van der Waals surface area contributed by atoms with E-state index in [1.165, 1.54) is 5.56 Å². The minimum atomic E-state index is 0. The van der Waals surface area contributed by atoms with Gasteiger partial charge in [0.15, 0.2) is 11.5 Å². The van der Waals surface area contributed by atoms with Crippen LogP contribution < -0.4 is 9.47 Å². The summed E-state index contributed by atoms with van der Waals surface area (Å²) in [5, 5.41) is 0. The molecule has 1 unspecified atom stereocenters. The molecule has 1 atom stereocenters. The molecule has 0 heterocycles. The number of ether oxygens (including phenoxy) is 2. The van der Waals surface area contributed by atoms with Gasteiger partial charge in [0.2, 0.25) is 0 Å². The van der Waals surface area contributed by atoms with E-state index in [1.807, 2.05) is 12.1 Å². The monoisotopic (exact) mass is 307 g/mol. The first-order valence-electron chi connectivity index (χ1n) is 6.09. The second-order valence-electron chi connectivity index (χ2n) is 4.42. The van der Waals surface area contributed by atoms with Crippen LogP contribution >= 0.6 is 24.0 Å². The van der Waals surface area contributed by atoms with Crippen LogP contribution in [0.4, 0.5) is 0 Å². The predicted molar refractivity (Wildman–Crippen MR) is 83.3 cm³/mol. The maximum Gasteiger partial charge on any atom is 0.160 e. The lowest BCUT2D eigenvalue weighted by atomic mass is 10.1. The molecule has 5 heteroatoms. The summed E-state index contributed by atoms with van der Waals surface area (Å²) in [7, 11) is 5.39. The standard InChI is InChI=1S/C14H22ClNO2.ClH/c1-11(10-15)16(2)8-7-12-5-6-13(17-3)14(9-12)18-4;/h5-6,9,11H,7-8,10H2,1-4H3;1H. The number of methoxy groups -OCH3 is 2. The van der Waals surface area contributed by atoms with Gasteiger partial charge in [-0.05, 0) is 38.1 Å². The Hall–Kier alpha value is -0.640. The molecule has 0 spiro atoms. The average Bonchev–Trinajstić information content (AvgIpc) is 2.43. The van der Waals surface area contributed by atoms with Gasteiger partial charge in [0.25, 0.3) is 0 Å². The highest BCUT2D eigenvalue weighted by atomic mass is 35.5. The molecule has 1 aromatic carbocycles. The minimum Gasteiger partial charge on any atom is -0.493 e. The fourth-order valence-electron chi connectivity index (χ4n) is 1.68. The number of alkyl halides is 1. The highest BCUT2D eigenvalue weighted by molar-refractivity contribution is 6.18. The van der Waals surface area contributed by atoms with E-state index in [4.69, 9.17) is 21.1 Å². The lowest BCUT2D eigenvalue weighted by Crippen LogP contribution is -2.32. The van der Waals surface area contributed by atoms with Gasteiger partial charge in [-0.15, -0.1) is 24.0 Å². The Morgan fingerprint density at radius 2 is 1.84 bits per heavy atom. The second kappa shape index (κ2) is 9.29. The van der Waals surface area contributed by atoms with E-state index in [2.05, 4.69) is 24.9 Å². The Labute approximate surface area is 127 Å². The van der Waals surface area contributed by atoms with Crippen LogP contribution in [0.25, 0.3) is 0 Å². The van der Waals surface area contributed by atoms with Gasteiger partial charge in [-0.3, -0.25) is 0 Å². The van der Waals surface area contributed by atoms with Crippen molar-refractivity contribution < 1.29 is 9.47 Å². The Bertz CT molecular complexity index is 374. The molecule has 0 N–H and O–H groups in total. The van der Waals surface area contributed by atoms with Gasteiger partial charge in [0, 0.05) is 18.5 Å². The zero-order valence-electron chi connectivity index (χ0n) is 12.0. The summed E-state index contributed by atoms with van der Waals surface area (Å²) in [6, 6.07) is 6.43. The summed E-state index contributed by atoms with van der Waals surface area (Å²) in [6.45, 7) is 3.10. The highest BCUT2D eigenvalue weighted by Crippen LogP contribution is 2.27. The van der Waals surface area contributed by atoms with Crippen molar-refractivity contribution in [1.82, 2.24) is 4.90 Å².